The monoisotopic (exact) mass is 314 g/mol. The number of hydrogen-bond acceptors (Lipinski definition) is 4. The van der Waals surface area contributed by atoms with Crippen LogP contribution in [0.3, 0.4) is 0 Å². The van der Waals surface area contributed by atoms with Gasteiger partial charge in [0.15, 0.2) is 0 Å². The summed E-state index contributed by atoms with van der Waals surface area (Å²) in [5, 5.41) is 3.24. The van der Waals surface area contributed by atoms with Gasteiger partial charge in [0.25, 0.3) is 0 Å². The molecule has 102 valence electrons. The van der Waals surface area contributed by atoms with Crippen molar-refractivity contribution in [2.24, 2.45) is 5.92 Å². The molecule has 0 amide bonds. The van der Waals surface area contributed by atoms with Crippen molar-refractivity contribution >= 4 is 27.6 Å². The van der Waals surface area contributed by atoms with Crippen molar-refractivity contribution in [1.29, 1.82) is 0 Å². The van der Waals surface area contributed by atoms with Gasteiger partial charge >= 0.3 is 0 Å². The normalized spacial score (nSPS) is 12.3. The third-order valence-corrected chi connectivity index (χ3v) is 3.76. The Morgan fingerprint density at radius 3 is 2.61 bits per heavy atom. The first-order valence-electron chi connectivity index (χ1n) is 6.63. The number of anilines is 2. The maximum Gasteiger partial charge on any atom is 0.148 e. The zero-order valence-electron chi connectivity index (χ0n) is 11.7. The summed E-state index contributed by atoms with van der Waals surface area (Å²) in [5.41, 5.74) is 0. The van der Waals surface area contributed by atoms with Crippen LogP contribution in [0.15, 0.2) is 10.8 Å². The molecule has 1 aromatic heterocycles. The van der Waals surface area contributed by atoms with Crippen LogP contribution in [0.5, 0.6) is 0 Å². The van der Waals surface area contributed by atoms with Gasteiger partial charge in [-0.2, -0.15) is 0 Å². The third-order valence-electron chi connectivity index (χ3n) is 3.03. The van der Waals surface area contributed by atoms with Crippen molar-refractivity contribution in [2.75, 3.05) is 29.9 Å². The molecule has 0 fully saturated rings. The van der Waals surface area contributed by atoms with E-state index >= 15 is 0 Å². The molecule has 5 heteroatoms. The molecule has 0 aliphatic carbocycles. The van der Waals surface area contributed by atoms with Crippen LogP contribution in [0, 0.1) is 5.92 Å². The third kappa shape index (κ3) is 3.83. The molecule has 0 saturated carbocycles. The maximum absolute atomic E-state index is 4.41. The first-order valence-corrected chi connectivity index (χ1v) is 7.42. The number of hydrogen-bond donors (Lipinski definition) is 1. The minimum atomic E-state index is 0.661. The first kappa shape index (κ1) is 15.2. The summed E-state index contributed by atoms with van der Waals surface area (Å²) < 4.78 is 0.956. The fourth-order valence-corrected chi connectivity index (χ4v) is 2.34. The van der Waals surface area contributed by atoms with E-state index < -0.39 is 0 Å². The van der Waals surface area contributed by atoms with Gasteiger partial charge in [0.1, 0.15) is 22.4 Å². The molecule has 1 N–H and O–H groups in total. The Balaban J connectivity index is 2.94. The summed E-state index contributed by atoms with van der Waals surface area (Å²) >= 11 is 3.61. The number of nitrogens with one attached hydrogen (secondary N) is 1. The summed E-state index contributed by atoms with van der Waals surface area (Å²) in [4.78, 5) is 10.9. The van der Waals surface area contributed by atoms with Crippen molar-refractivity contribution in [3.63, 3.8) is 0 Å². The molecular formula is C13H23BrN4. The van der Waals surface area contributed by atoms with Gasteiger partial charge in [0.05, 0.1) is 0 Å². The molecular weight excluding hydrogens is 292 g/mol. The van der Waals surface area contributed by atoms with Gasteiger partial charge in [-0.15, -0.1) is 0 Å². The van der Waals surface area contributed by atoms with E-state index in [4.69, 9.17) is 0 Å². The summed E-state index contributed by atoms with van der Waals surface area (Å²) in [6.45, 7) is 11.5. The largest absolute Gasteiger partial charge is 0.369 e. The highest BCUT2D eigenvalue weighted by Gasteiger charge is 2.15. The zero-order valence-corrected chi connectivity index (χ0v) is 13.3. The lowest BCUT2D eigenvalue weighted by atomic mass is 10.1. The highest BCUT2D eigenvalue weighted by molar-refractivity contribution is 9.10. The van der Waals surface area contributed by atoms with E-state index in [1.807, 2.05) is 0 Å². The standard InChI is InChI=1S/C13H23BrN4/c1-5-10(4)8-18(7-3)13-11(14)12(15-6-2)16-9-17-13/h9-10H,5-8H2,1-4H3,(H,15,16,17). The van der Waals surface area contributed by atoms with Crippen LogP contribution < -0.4 is 10.2 Å². The fraction of sp³-hybridized carbons (Fsp3) is 0.692. The van der Waals surface area contributed by atoms with E-state index in [-0.39, 0.29) is 0 Å². The molecule has 0 aliphatic rings. The van der Waals surface area contributed by atoms with Crippen molar-refractivity contribution in [3.8, 4) is 0 Å². The molecule has 4 nitrogen and oxygen atoms in total. The SMILES string of the molecule is CCNc1ncnc(N(CC)CC(C)CC)c1Br. The van der Waals surface area contributed by atoms with Gasteiger partial charge in [0.2, 0.25) is 0 Å². The second-order valence-corrected chi connectivity index (χ2v) is 5.24. The molecule has 0 aliphatic heterocycles. The predicted octanol–water partition coefficient (Wildman–Crippen LogP) is 3.54. The van der Waals surface area contributed by atoms with Crippen molar-refractivity contribution in [1.82, 2.24) is 9.97 Å². The van der Waals surface area contributed by atoms with E-state index in [1.165, 1.54) is 6.42 Å². The highest BCUT2D eigenvalue weighted by Crippen LogP contribution is 2.29. The van der Waals surface area contributed by atoms with Gasteiger partial charge in [-0.25, -0.2) is 9.97 Å². The molecule has 0 spiro atoms. The summed E-state index contributed by atoms with van der Waals surface area (Å²) in [6.07, 6.45) is 2.80. The highest BCUT2D eigenvalue weighted by atomic mass is 79.9. The summed E-state index contributed by atoms with van der Waals surface area (Å²) in [5.74, 6) is 2.50. The van der Waals surface area contributed by atoms with Gasteiger partial charge in [0, 0.05) is 19.6 Å². The van der Waals surface area contributed by atoms with Crippen LogP contribution in [0.25, 0.3) is 0 Å². The van der Waals surface area contributed by atoms with Crippen molar-refractivity contribution in [2.45, 2.75) is 34.1 Å². The second kappa shape index (κ2) is 7.56. The molecule has 0 aromatic carbocycles. The average molecular weight is 315 g/mol. The van der Waals surface area contributed by atoms with Crippen LogP contribution in [-0.2, 0) is 0 Å². The molecule has 0 radical (unpaired) electrons. The lowest BCUT2D eigenvalue weighted by Gasteiger charge is -2.26. The Bertz CT molecular complexity index is 370. The molecule has 1 heterocycles. The number of rotatable bonds is 7. The van der Waals surface area contributed by atoms with Gasteiger partial charge in [-0.05, 0) is 35.7 Å². The van der Waals surface area contributed by atoms with Gasteiger partial charge in [-0.1, -0.05) is 20.3 Å². The van der Waals surface area contributed by atoms with Crippen LogP contribution in [0.4, 0.5) is 11.6 Å². The molecule has 0 saturated heterocycles. The van der Waals surface area contributed by atoms with Crippen molar-refractivity contribution in [3.05, 3.63) is 10.8 Å². The van der Waals surface area contributed by atoms with Crippen LogP contribution in [0.1, 0.15) is 34.1 Å². The van der Waals surface area contributed by atoms with E-state index in [9.17, 15) is 0 Å². The number of aromatic nitrogens is 2. The molecule has 1 aromatic rings. The minimum absolute atomic E-state index is 0.661. The van der Waals surface area contributed by atoms with E-state index in [2.05, 4.69) is 63.8 Å². The quantitative estimate of drug-likeness (QED) is 0.835. The van der Waals surface area contributed by atoms with Gasteiger partial charge < -0.3 is 10.2 Å². The summed E-state index contributed by atoms with van der Waals surface area (Å²) in [7, 11) is 0. The van der Waals surface area contributed by atoms with Crippen LogP contribution in [-0.4, -0.2) is 29.6 Å². The number of halogens is 1. The van der Waals surface area contributed by atoms with E-state index in [0.717, 1.165) is 35.7 Å². The van der Waals surface area contributed by atoms with Crippen LogP contribution >= 0.6 is 15.9 Å². The van der Waals surface area contributed by atoms with Crippen LogP contribution in [0.2, 0.25) is 0 Å². The summed E-state index contributed by atoms with van der Waals surface area (Å²) in [6, 6.07) is 0. The molecule has 0 bridgehead atoms. The van der Waals surface area contributed by atoms with E-state index in [1.54, 1.807) is 6.33 Å². The Morgan fingerprint density at radius 1 is 1.33 bits per heavy atom. The Hall–Kier alpha value is -0.840. The average Bonchev–Trinajstić information content (AvgIpc) is 2.38. The minimum Gasteiger partial charge on any atom is -0.369 e. The van der Waals surface area contributed by atoms with E-state index in [0.29, 0.717) is 5.92 Å². The lowest BCUT2D eigenvalue weighted by Crippen LogP contribution is -2.29. The molecule has 18 heavy (non-hydrogen) atoms. The molecule has 1 atom stereocenters. The Morgan fingerprint density at radius 2 is 2.06 bits per heavy atom. The number of nitrogens with zero attached hydrogens (tertiary/aromatic N) is 3. The van der Waals surface area contributed by atoms with Crippen molar-refractivity contribution < 1.29 is 0 Å². The predicted molar refractivity (Wildman–Crippen MR) is 81.2 cm³/mol. The first-order chi connectivity index (χ1) is 8.63. The topological polar surface area (TPSA) is 41.1 Å². The zero-order chi connectivity index (χ0) is 13.5. The fourth-order valence-electron chi connectivity index (χ4n) is 1.74. The second-order valence-electron chi connectivity index (χ2n) is 4.44. The lowest BCUT2D eigenvalue weighted by molar-refractivity contribution is 0.545. The molecule has 1 unspecified atom stereocenters. The van der Waals surface area contributed by atoms with Gasteiger partial charge in [-0.3, -0.25) is 0 Å². The Labute approximate surface area is 118 Å². The maximum atomic E-state index is 4.41. The Kier molecular flexibility index (Phi) is 6.39. The molecule has 1 rings (SSSR count). The smallest absolute Gasteiger partial charge is 0.148 e.